The van der Waals surface area contributed by atoms with E-state index < -0.39 is 0 Å². The maximum atomic E-state index is 4.19. The van der Waals surface area contributed by atoms with E-state index in [4.69, 9.17) is 0 Å². The lowest BCUT2D eigenvalue weighted by atomic mass is 9.77. The first kappa shape index (κ1) is 12.8. The molecule has 0 bridgehead atoms. The molecule has 86 valence electrons. The predicted molar refractivity (Wildman–Crippen MR) is 68.3 cm³/mol. The Morgan fingerprint density at radius 3 is 2.60 bits per heavy atom. The normalized spacial score (nSPS) is 15.6. The van der Waals surface area contributed by atoms with Gasteiger partial charge in [-0.3, -0.25) is 4.68 Å². The lowest BCUT2D eigenvalue weighted by molar-refractivity contribution is 0.239. The molecule has 3 heteroatoms. The minimum atomic E-state index is 0.385. The van der Waals surface area contributed by atoms with Crippen molar-refractivity contribution >= 4 is 15.9 Å². The molecule has 1 unspecified atom stereocenters. The molecule has 0 amide bonds. The summed E-state index contributed by atoms with van der Waals surface area (Å²) in [7, 11) is 1.97. The highest BCUT2D eigenvalue weighted by Crippen LogP contribution is 2.34. The van der Waals surface area contributed by atoms with E-state index in [1.807, 2.05) is 17.9 Å². The molecule has 0 aliphatic carbocycles. The van der Waals surface area contributed by atoms with E-state index in [1.54, 1.807) is 0 Å². The Labute approximate surface area is 101 Å². The fourth-order valence-corrected chi connectivity index (χ4v) is 2.47. The van der Waals surface area contributed by atoms with Gasteiger partial charge in [0.15, 0.2) is 0 Å². The van der Waals surface area contributed by atoms with Crippen LogP contribution in [0.1, 0.15) is 32.8 Å². The van der Waals surface area contributed by atoms with E-state index in [2.05, 4.69) is 48.0 Å². The minimum absolute atomic E-state index is 0.385. The van der Waals surface area contributed by atoms with Gasteiger partial charge in [0.2, 0.25) is 0 Å². The first-order valence-corrected chi connectivity index (χ1v) is 6.63. The summed E-state index contributed by atoms with van der Waals surface area (Å²) in [6.07, 6.45) is 6.40. The van der Waals surface area contributed by atoms with Crippen LogP contribution in [-0.2, 0) is 13.5 Å². The van der Waals surface area contributed by atoms with Crippen molar-refractivity contribution in [1.82, 2.24) is 9.78 Å². The Kier molecular flexibility index (Phi) is 4.38. The summed E-state index contributed by atoms with van der Waals surface area (Å²) >= 11 is 3.63. The maximum Gasteiger partial charge on any atom is 0.0521 e. The predicted octanol–water partition coefficient (Wildman–Crippen LogP) is 3.41. The topological polar surface area (TPSA) is 17.8 Å². The Bertz CT molecular complexity index is 306. The monoisotopic (exact) mass is 272 g/mol. The Balaban J connectivity index is 2.55. The smallest absolute Gasteiger partial charge is 0.0521 e. The molecule has 0 saturated heterocycles. The van der Waals surface area contributed by atoms with Crippen molar-refractivity contribution in [3.05, 3.63) is 18.0 Å². The van der Waals surface area contributed by atoms with Crippen LogP contribution in [0.15, 0.2) is 12.4 Å². The number of halogens is 1. The van der Waals surface area contributed by atoms with E-state index in [9.17, 15) is 0 Å². The first-order valence-electron chi connectivity index (χ1n) is 5.51. The molecule has 0 saturated carbocycles. The van der Waals surface area contributed by atoms with Gasteiger partial charge >= 0.3 is 0 Å². The summed E-state index contributed by atoms with van der Waals surface area (Å²) in [5, 5.41) is 5.26. The minimum Gasteiger partial charge on any atom is -0.276 e. The van der Waals surface area contributed by atoms with Gasteiger partial charge in [0.1, 0.15) is 0 Å². The second-order valence-electron chi connectivity index (χ2n) is 4.96. The lowest BCUT2D eigenvalue weighted by Crippen LogP contribution is -2.25. The van der Waals surface area contributed by atoms with Crippen LogP contribution in [-0.4, -0.2) is 15.1 Å². The van der Waals surface area contributed by atoms with Crippen LogP contribution in [0.5, 0.6) is 0 Å². The lowest BCUT2D eigenvalue weighted by Gasteiger charge is -2.31. The van der Waals surface area contributed by atoms with Crippen LogP contribution in [0.4, 0.5) is 0 Å². The van der Waals surface area contributed by atoms with E-state index >= 15 is 0 Å². The standard InChI is InChI=1S/C12H21BrN2/c1-10(2)12(3,9-13)6-5-11-7-14-15(4)8-11/h7-8,10H,5-6,9H2,1-4H3. The summed E-state index contributed by atoms with van der Waals surface area (Å²) in [5.41, 5.74) is 1.72. The summed E-state index contributed by atoms with van der Waals surface area (Å²) < 4.78 is 1.87. The summed E-state index contributed by atoms with van der Waals surface area (Å²) in [5.74, 6) is 0.702. The zero-order chi connectivity index (χ0) is 11.5. The van der Waals surface area contributed by atoms with Gasteiger partial charge in [0.05, 0.1) is 6.20 Å². The molecule has 0 aliphatic heterocycles. The van der Waals surface area contributed by atoms with Crippen LogP contribution < -0.4 is 0 Å². The number of aryl methyl sites for hydroxylation is 2. The van der Waals surface area contributed by atoms with Gasteiger partial charge in [0.25, 0.3) is 0 Å². The van der Waals surface area contributed by atoms with Crippen LogP contribution >= 0.6 is 15.9 Å². The molecule has 0 aromatic carbocycles. The van der Waals surface area contributed by atoms with E-state index in [1.165, 1.54) is 12.0 Å². The quantitative estimate of drug-likeness (QED) is 0.752. The van der Waals surface area contributed by atoms with Crippen LogP contribution in [0, 0.1) is 11.3 Å². The molecular formula is C12H21BrN2. The molecular weight excluding hydrogens is 252 g/mol. The molecule has 0 fully saturated rings. The summed E-state index contributed by atoms with van der Waals surface area (Å²) in [6, 6.07) is 0. The molecule has 0 spiro atoms. The molecule has 0 N–H and O–H groups in total. The third kappa shape index (κ3) is 3.33. The molecule has 1 rings (SSSR count). The van der Waals surface area contributed by atoms with Gasteiger partial charge in [-0.1, -0.05) is 36.7 Å². The number of hydrogen-bond acceptors (Lipinski definition) is 1. The van der Waals surface area contributed by atoms with E-state index in [0.29, 0.717) is 11.3 Å². The third-order valence-corrected chi connectivity index (χ3v) is 4.72. The van der Waals surface area contributed by atoms with Crippen molar-refractivity contribution in [3.8, 4) is 0 Å². The SMILES string of the molecule is CC(C)C(C)(CBr)CCc1cnn(C)c1. The number of alkyl halides is 1. The van der Waals surface area contributed by atoms with Crippen molar-refractivity contribution in [2.45, 2.75) is 33.6 Å². The highest BCUT2D eigenvalue weighted by Gasteiger charge is 2.26. The number of hydrogen-bond donors (Lipinski definition) is 0. The second-order valence-corrected chi connectivity index (χ2v) is 5.53. The summed E-state index contributed by atoms with van der Waals surface area (Å²) in [6.45, 7) is 6.94. The molecule has 1 heterocycles. The summed E-state index contributed by atoms with van der Waals surface area (Å²) in [4.78, 5) is 0. The van der Waals surface area contributed by atoms with Crippen molar-refractivity contribution in [3.63, 3.8) is 0 Å². The van der Waals surface area contributed by atoms with Gasteiger partial charge in [-0.15, -0.1) is 0 Å². The van der Waals surface area contributed by atoms with Crippen LogP contribution in [0.2, 0.25) is 0 Å². The van der Waals surface area contributed by atoms with E-state index in [-0.39, 0.29) is 0 Å². The zero-order valence-corrected chi connectivity index (χ0v) is 11.7. The average Bonchev–Trinajstić information content (AvgIpc) is 2.60. The average molecular weight is 273 g/mol. The molecule has 2 nitrogen and oxygen atoms in total. The first-order chi connectivity index (χ1) is 6.98. The van der Waals surface area contributed by atoms with E-state index in [0.717, 1.165) is 11.8 Å². The van der Waals surface area contributed by atoms with Gasteiger partial charge in [-0.05, 0) is 29.7 Å². The zero-order valence-electron chi connectivity index (χ0n) is 10.1. The van der Waals surface area contributed by atoms with Gasteiger partial charge in [-0.2, -0.15) is 5.10 Å². The largest absolute Gasteiger partial charge is 0.276 e. The molecule has 1 atom stereocenters. The van der Waals surface area contributed by atoms with Crippen molar-refractivity contribution in [2.24, 2.45) is 18.4 Å². The Morgan fingerprint density at radius 2 is 2.20 bits per heavy atom. The maximum absolute atomic E-state index is 4.19. The number of nitrogens with zero attached hydrogens (tertiary/aromatic N) is 2. The Morgan fingerprint density at radius 1 is 1.53 bits per heavy atom. The molecule has 1 aromatic heterocycles. The fourth-order valence-electron chi connectivity index (χ4n) is 1.54. The van der Waals surface area contributed by atoms with Gasteiger partial charge in [-0.25, -0.2) is 0 Å². The number of aromatic nitrogens is 2. The molecule has 0 aliphatic rings. The molecule has 0 radical (unpaired) electrons. The van der Waals surface area contributed by atoms with Gasteiger partial charge in [0, 0.05) is 18.6 Å². The molecule has 15 heavy (non-hydrogen) atoms. The fraction of sp³-hybridized carbons (Fsp3) is 0.750. The van der Waals surface area contributed by atoms with Crippen LogP contribution in [0.3, 0.4) is 0 Å². The number of rotatable bonds is 5. The second kappa shape index (κ2) is 5.15. The third-order valence-electron chi connectivity index (χ3n) is 3.44. The van der Waals surface area contributed by atoms with Gasteiger partial charge < -0.3 is 0 Å². The van der Waals surface area contributed by atoms with Crippen molar-refractivity contribution in [1.29, 1.82) is 0 Å². The highest BCUT2D eigenvalue weighted by molar-refractivity contribution is 9.09. The van der Waals surface area contributed by atoms with Crippen molar-refractivity contribution in [2.75, 3.05) is 5.33 Å². The Hall–Kier alpha value is -0.310. The molecule has 1 aromatic rings. The van der Waals surface area contributed by atoms with Crippen LogP contribution in [0.25, 0.3) is 0 Å². The highest BCUT2D eigenvalue weighted by atomic mass is 79.9. The van der Waals surface area contributed by atoms with Crippen molar-refractivity contribution < 1.29 is 0 Å².